The molecule has 0 saturated heterocycles. The number of carbonyl (C=O) groups excluding carboxylic acids is 3. The molecule has 0 bridgehead atoms. The third kappa shape index (κ3) is 50.4. The second kappa shape index (κ2) is 52.2. The molecule has 0 aliphatic heterocycles. The Hall–Kier alpha value is -4.45. The summed E-state index contributed by atoms with van der Waals surface area (Å²) in [6, 6.07) is 0. The Morgan fingerprint density at radius 3 is 1.05 bits per heavy atom. The molecular weight excluding hydrogens is 805 g/mol. The van der Waals surface area contributed by atoms with Crippen LogP contribution in [0.15, 0.2) is 134 Å². The molecule has 0 aliphatic rings. The number of hydrogen-bond donors (Lipinski definition) is 0. The van der Waals surface area contributed by atoms with Gasteiger partial charge in [-0.3, -0.25) is 14.4 Å². The van der Waals surface area contributed by atoms with E-state index in [0.717, 1.165) is 109 Å². The fourth-order valence-electron chi connectivity index (χ4n) is 6.33. The number of esters is 3. The zero-order valence-electron chi connectivity index (χ0n) is 41.4. The van der Waals surface area contributed by atoms with Gasteiger partial charge in [0.1, 0.15) is 13.2 Å². The van der Waals surface area contributed by atoms with Gasteiger partial charge in [0.25, 0.3) is 0 Å². The van der Waals surface area contributed by atoms with Crippen LogP contribution in [-0.4, -0.2) is 37.2 Å². The Labute approximate surface area is 398 Å². The molecule has 0 saturated carbocycles. The zero-order valence-corrected chi connectivity index (χ0v) is 41.4. The normalized spacial score (nSPS) is 13.2. The van der Waals surface area contributed by atoms with Gasteiger partial charge in [-0.15, -0.1) is 0 Å². The molecule has 0 radical (unpaired) electrons. The maximum Gasteiger partial charge on any atom is 0.306 e. The quantitative estimate of drug-likeness (QED) is 0.0262. The van der Waals surface area contributed by atoms with Crippen LogP contribution in [0.2, 0.25) is 0 Å². The molecule has 6 nitrogen and oxygen atoms in total. The van der Waals surface area contributed by atoms with Crippen molar-refractivity contribution in [3.63, 3.8) is 0 Å². The standard InChI is InChI=1S/C59H92O6/c1-4-7-10-13-16-19-22-25-26-27-28-29-30-31-32-35-37-40-43-46-49-52-58(61)64-55-56(65-59(62)53-50-47-44-41-38-34-24-21-18-15-12-9-6-3)54-63-57(60)51-48-45-42-39-36-33-23-20-17-14-11-8-5-2/h7,9-10,12,16,18-21,23,25-26,28-29,31-32,34,37-38,40,44,47,56H,4-6,8,11,13-15,17,22,24,27,30,33,35-36,39,41-43,45-46,48-55H2,1-3H3/b10-7-,12-9-,19-16-,21-18-,23-20-,26-25-,29-28-,32-31-,38-34-,40-37-,47-44-. The van der Waals surface area contributed by atoms with Crippen molar-refractivity contribution in [3.05, 3.63) is 134 Å². The third-order valence-electron chi connectivity index (χ3n) is 10.1. The van der Waals surface area contributed by atoms with E-state index in [2.05, 4.69) is 142 Å². The van der Waals surface area contributed by atoms with E-state index < -0.39 is 12.1 Å². The predicted molar refractivity (Wildman–Crippen MR) is 279 cm³/mol. The molecule has 65 heavy (non-hydrogen) atoms. The summed E-state index contributed by atoms with van der Waals surface area (Å²) in [6.45, 7) is 6.26. The van der Waals surface area contributed by atoms with Crippen LogP contribution < -0.4 is 0 Å². The second-order valence-corrected chi connectivity index (χ2v) is 16.3. The molecule has 0 aliphatic carbocycles. The van der Waals surface area contributed by atoms with Crippen LogP contribution in [0.5, 0.6) is 0 Å². The largest absolute Gasteiger partial charge is 0.462 e. The smallest absolute Gasteiger partial charge is 0.306 e. The summed E-state index contributed by atoms with van der Waals surface area (Å²) in [5, 5.41) is 0. The highest BCUT2D eigenvalue weighted by atomic mass is 16.6. The average molecular weight is 897 g/mol. The first-order chi connectivity index (χ1) is 32.0. The average Bonchev–Trinajstić information content (AvgIpc) is 3.30. The zero-order chi connectivity index (χ0) is 47.2. The van der Waals surface area contributed by atoms with Crippen molar-refractivity contribution in [1.82, 2.24) is 0 Å². The van der Waals surface area contributed by atoms with E-state index in [9.17, 15) is 14.4 Å². The summed E-state index contributed by atoms with van der Waals surface area (Å²) in [5.41, 5.74) is 0. The molecule has 0 aromatic rings. The minimum absolute atomic E-state index is 0.130. The van der Waals surface area contributed by atoms with Gasteiger partial charge in [-0.1, -0.05) is 193 Å². The van der Waals surface area contributed by atoms with Crippen LogP contribution in [0.25, 0.3) is 0 Å². The monoisotopic (exact) mass is 897 g/mol. The topological polar surface area (TPSA) is 78.9 Å². The van der Waals surface area contributed by atoms with E-state index >= 15 is 0 Å². The third-order valence-corrected chi connectivity index (χ3v) is 10.1. The summed E-state index contributed by atoms with van der Waals surface area (Å²) in [5.74, 6) is -1.08. The van der Waals surface area contributed by atoms with Crippen molar-refractivity contribution < 1.29 is 28.6 Å². The predicted octanol–water partition coefficient (Wildman–Crippen LogP) is 17.1. The second-order valence-electron chi connectivity index (χ2n) is 16.3. The van der Waals surface area contributed by atoms with E-state index in [-0.39, 0.29) is 38.0 Å². The summed E-state index contributed by atoms with van der Waals surface area (Å²) in [7, 11) is 0. The van der Waals surface area contributed by atoms with E-state index in [1.54, 1.807) is 0 Å². The SMILES string of the molecule is CC/C=C\C/C=C\C/C=C\C/C=C\C/C=C\C/C=C\CCCCC(=O)OCC(COC(=O)CCCCCCC/C=C\CCCCCC)OC(=O)CC/C=C\C/C=C\C/C=C\C/C=C\CC. The molecule has 6 heteroatoms. The Balaban J connectivity index is 4.55. The molecular formula is C59H92O6. The van der Waals surface area contributed by atoms with Crippen LogP contribution in [0.4, 0.5) is 0 Å². The van der Waals surface area contributed by atoms with Gasteiger partial charge in [0.05, 0.1) is 0 Å². The lowest BCUT2D eigenvalue weighted by Gasteiger charge is -2.18. The summed E-state index contributed by atoms with van der Waals surface area (Å²) >= 11 is 0. The van der Waals surface area contributed by atoms with Gasteiger partial charge in [0, 0.05) is 19.3 Å². The number of allylic oxidation sites excluding steroid dienone is 22. The minimum atomic E-state index is -0.841. The van der Waals surface area contributed by atoms with Crippen molar-refractivity contribution >= 4 is 17.9 Å². The van der Waals surface area contributed by atoms with Gasteiger partial charge in [0.15, 0.2) is 6.10 Å². The van der Waals surface area contributed by atoms with Crippen molar-refractivity contribution in [2.75, 3.05) is 13.2 Å². The van der Waals surface area contributed by atoms with Crippen LogP contribution in [0.3, 0.4) is 0 Å². The first-order valence-corrected chi connectivity index (χ1v) is 25.7. The lowest BCUT2D eigenvalue weighted by Crippen LogP contribution is -2.30. The van der Waals surface area contributed by atoms with Crippen LogP contribution in [-0.2, 0) is 28.6 Å². The number of hydrogen-bond acceptors (Lipinski definition) is 6. The fourth-order valence-corrected chi connectivity index (χ4v) is 6.33. The lowest BCUT2D eigenvalue weighted by atomic mass is 10.1. The van der Waals surface area contributed by atoms with E-state index in [1.807, 2.05) is 12.2 Å². The Morgan fingerprint density at radius 1 is 0.323 bits per heavy atom. The van der Waals surface area contributed by atoms with Crippen LogP contribution in [0.1, 0.15) is 201 Å². The van der Waals surface area contributed by atoms with Crippen LogP contribution in [0, 0.1) is 0 Å². The van der Waals surface area contributed by atoms with Crippen molar-refractivity contribution in [3.8, 4) is 0 Å². The molecule has 0 spiro atoms. The van der Waals surface area contributed by atoms with E-state index in [0.29, 0.717) is 19.3 Å². The molecule has 0 rings (SSSR count). The van der Waals surface area contributed by atoms with Gasteiger partial charge >= 0.3 is 17.9 Å². The summed E-state index contributed by atoms with van der Waals surface area (Å²) in [4.78, 5) is 37.9. The number of carbonyl (C=O) groups is 3. The summed E-state index contributed by atoms with van der Waals surface area (Å²) in [6.07, 6.45) is 73.1. The maximum atomic E-state index is 12.7. The first kappa shape index (κ1) is 60.5. The minimum Gasteiger partial charge on any atom is -0.462 e. The Morgan fingerprint density at radius 2 is 0.631 bits per heavy atom. The molecule has 0 aromatic carbocycles. The first-order valence-electron chi connectivity index (χ1n) is 25.7. The van der Waals surface area contributed by atoms with E-state index in [4.69, 9.17) is 14.2 Å². The molecule has 1 unspecified atom stereocenters. The van der Waals surface area contributed by atoms with Gasteiger partial charge in [-0.05, 0) is 122 Å². The van der Waals surface area contributed by atoms with Gasteiger partial charge in [0.2, 0.25) is 0 Å². The highest BCUT2D eigenvalue weighted by Gasteiger charge is 2.19. The van der Waals surface area contributed by atoms with Gasteiger partial charge < -0.3 is 14.2 Å². The maximum absolute atomic E-state index is 12.7. The number of rotatable bonds is 44. The van der Waals surface area contributed by atoms with Gasteiger partial charge in [-0.2, -0.15) is 0 Å². The fraction of sp³-hybridized carbons (Fsp3) is 0.576. The van der Waals surface area contributed by atoms with E-state index in [1.165, 1.54) is 38.5 Å². The highest BCUT2D eigenvalue weighted by molar-refractivity contribution is 5.71. The summed E-state index contributed by atoms with van der Waals surface area (Å²) < 4.78 is 16.7. The molecule has 1 atom stereocenters. The van der Waals surface area contributed by atoms with Crippen molar-refractivity contribution in [2.45, 2.75) is 207 Å². The molecule has 0 N–H and O–H groups in total. The molecule has 0 heterocycles. The van der Waals surface area contributed by atoms with Crippen molar-refractivity contribution in [1.29, 1.82) is 0 Å². The molecule has 0 aromatic heterocycles. The Kier molecular flexibility index (Phi) is 48.6. The van der Waals surface area contributed by atoms with Crippen LogP contribution >= 0.6 is 0 Å². The number of unbranched alkanes of at least 4 members (excludes halogenated alkanes) is 11. The highest BCUT2D eigenvalue weighted by Crippen LogP contribution is 2.11. The van der Waals surface area contributed by atoms with Gasteiger partial charge in [-0.25, -0.2) is 0 Å². The molecule has 0 amide bonds. The van der Waals surface area contributed by atoms with Crippen molar-refractivity contribution in [2.24, 2.45) is 0 Å². The molecule has 0 fully saturated rings. The molecule has 364 valence electrons. The Bertz CT molecular complexity index is 1450. The number of ether oxygens (including phenoxy) is 3. The lowest BCUT2D eigenvalue weighted by molar-refractivity contribution is -0.166.